The van der Waals surface area contributed by atoms with Gasteiger partial charge in [0, 0.05) is 5.39 Å². The molecule has 0 unspecified atom stereocenters. The number of urea groups is 1. The Morgan fingerprint density at radius 3 is 2.54 bits per heavy atom. The van der Waals surface area contributed by atoms with E-state index in [1.54, 1.807) is 49.4 Å². The number of hydrazine groups is 1. The van der Waals surface area contributed by atoms with E-state index in [0.717, 1.165) is 0 Å². The number of carbonyl (C=O) groups excluding carboxylic acids is 3. The summed E-state index contributed by atoms with van der Waals surface area (Å²) in [5.41, 5.74) is 2.51. The van der Waals surface area contributed by atoms with Crippen molar-refractivity contribution in [1.82, 2.24) is 25.9 Å². The molecule has 8 nitrogen and oxygen atoms in total. The number of para-hydroxylation sites is 1. The van der Waals surface area contributed by atoms with Gasteiger partial charge >= 0.3 is 6.03 Å². The van der Waals surface area contributed by atoms with Crippen molar-refractivity contribution in [3.05, 3.63) is 65.9 Å². The standard InChI is InChI=1S/C18H15N5O3/c1-18(11-7-3-2-4-8-11)16(25)23(17(26)19-18)22-15(24)14-12-9-5-6-10-13(12)20-21-14/h2-10H,1H3,(H,19,26)(H,20,21)(H,22,24)/t18-/m1/s1. The van der Waals surface area contributed by atoms with E-state index in [9.17, 15) is 14.4 Å². The molecule has 1 aliphatic heterocycles. The minimum Gasteiger partial charge on any atom is -0.318 e. The number of hydrogen-bond donors (Lipinski definition) is 3. The number of carbonyl (C=O) groups is 3. The van der Waals surface area contributed by atoms with Crippen LogP contribution in [0.1, 0.15) is 23.0 Å². The van der Waals surface area contributed by atoms with Crippen molar-refractivity contribution in [2.24, 2.45) is 0 Å². The summed E-state index contributed by atoms with van der Waals surface area (Å²) >= 11 is 0. The zero-order valence-electron chi connectivity index (χ0n) is 13.8. The molecule has 1 aliphatic rings. The Hall–Kier alpha value is -3.68. The molecule has 1 aromatic heterocycles. The maximum Gasteiger partial charge on any atom is 0.344 e. The average Bonchev–Trinajstić information content (AvgIpc) is 3.18. The van der Waals surface area contributed by atoms with Crippen molar-refractivity contribution in [2.75, 3.05) is 0 Å². The number of amides is 4. The monoisotopic (exact) mass is 349 g/mol. The van der Waals surface area contributed by atoms with Crippen LogP contribution in [0.2, 0.25) is 0 Å². The van der Waals surface area contributed by atoms with Crippen LogP contribution in [-0.4, -0.2) is 33.1 Å². The molecular formula is C18H15N5O3. The Balaban J connectivity index is 1.61. The van der Waals surface area contributed by atoms with Crippen LogP contribution in [0.15, 0.2) is 54.6 Å². The topological polar surface area (TPSA) is 107 Å². The molecule has 8 heteroatoms. The lowest BCUT2D eigenvalue weighted by Gasteiger charge is -2.21. The minimum atomic E-state index is -1.25. The van der Waals surface area contributed by atoms with E-state index < -0.39 is 23.4 Å². The molecule has 4 rings (SSSR count). The van der Waals surface area contributed by atoms with Crippen LogP contribution >= 0.6 is 0 Å². The van der Waals surface area contributed by atoms with Gasteiger partial charge in [-0.2, -0.15) is 10.1 Å². The molecule has 3 N–H and O–H groups in total. The predicted octanol–water partition coefficient (Wildman–Crippen LogP) is 1.67. The van der Waals surface area contributed by atoms with E-state index >= 15 is 0 Å². The highest BCUT2D eigenvalue weighted by molar-refractivity contribution is 6.11. The molecular weight excluding hydrogens is 334 g/mol. The van der Waals surface area contributed by atoms with Crippen LogP contribution in [0.4, 0.5) is 4.79 Å². The van der Waals surface area contributed by atoms with Gasteiger partial charge in [-0.15, -0.1) is 0 Å². The summed E-state index contributed by atoms with van der Waals surface area (Å²) in [7, 11) is 0. The fourth-order valence-corrected chi connectivity index (χ4v) is 3.00. The Morgan fingerprint density at radius 2 is 1.77 bits per heavy atom. The van der Waals surface area contributed by atoms with E-state index in [0.29, 0.717) is 21.5 Å². The number of aromatic nitrogens is 2. The Bertz CT molecular complexity index is 1030. The third-order valence-electron chi connectivity index (χ3n) is 4.44. The molecule has 3 aromatic rings. The zero-order valence-corrected chi connectivity index (χ0v) is 13.8. The van der Waals surface area contributed by atoms with Gasteiger partial charge in [0.25, 0.3) is 11.8 Å². The molecule has 26 heavy (non-hydrogen) atoms. The van der Waals surface area contributed by atoms with Crippen molar-refractivity contribution < 1.29 is 14.4 Å². The number of aromatic amines is 1. The molecule has 2 aromatic carbocycles. The number of rotatable bonds is 3. The van der Waals surface area contributed by atoms with Gasteiger partial charge in [-0.3, -0.25) is 20.1 Å². The summed E-state index contributed by atoms with van der Waals surface area (Å²) in [5, 5.41) is 10.6. The lowest BCUT2D eigenvalue weighted by Crippen LogP contribution is -2.48. The van der Waals surface area contributed by atoms with Gasteiger partial charge in [-0.25, -0.2) is 4.79 Å². The Morgan fingerprint density at radius 1 is 1.08 bits per heavy atom. The molecule has 0 bridgehead atoms. The van der Waals surface area contributed by atoms with E-state index in [1.165, 1.54) is 0 Å². The number of benzene rings is 2. The second-order valence-electron chi connectivity index (χ2n) is 6.12. The number of fused-ring (bicyclic) bond motifs is 1. The molecule has 1 atom stereocenters. The normalized spacial score (nSPS) is 19.7. The van der Waals surface area contributed by atoms with Crippen molar-refractivity contribution >= 4 is 28.7 Å². The first-order valence-electron chi connectivity index (χ1n) is 7.97. The van der Waals surface area contributed by atoms with Gasteiger partial charge in [0.1, 0.15) is 5.54 Å². The minimum absolute atomic E-state index is 0.106. The fraction of sp³-hybridized carbons (Fsp3) is 0.111. The number of nitrogens with one attached hydrogen (secondary N) is 3. The van der Waals surface area contributed by atoms with E-state index in [-0.39, 0.29) is 5.69 Å². The van der Waals surface area contributed by atoms with Crippen LogP contribution in [0.25, 0.3) is 10.9 Å². The summed E-state index contributed by atoms with van der Waals surface area (Å²) in [5.74, 6) is -1.22. The summed E-state index contributed by atoms with van der Waals surface area (Å²) in [6.45, 7) is 1.60. The molecule has 4 amide bonds. The van der Waals surface area contributed by atoms with Crippen molar-refractivity contribution in [3.63, 3.8) is 0 Å². The van der Waals surface area contributed by atoms with Gasteiger partial charge in [0.2, 0.25) is 0 Å². The summed E-state index contributed by atoms with van der Waals surface area (Å²) < 4.78 is 0. The first-order valence-corrected chi connectivity index (χ1v) is 7.97. The van der Waals surface area contributed by atoms with E-state index in [4.69, 9.17) is 0 Å². The van der Waals surface area contributed by atoms with Gasteiger partial charge < -0.3 is 5.32 Å². The molecule has 0 spiro atoms. The molecule has 0 saturated carbocycles. The summed E-state index contributed by atoms with van der Waals surface area (Å²) in [4.78, 5) is 37.6. The number of H-pyrrole nitrogens is 1. The SMILES string of the molecule is C[C@]1(c2ccccc2)NC(=O)N(NC(=O)c2n[nH]c3ccccc23)C1=O. The van der Waals surface area contributed by atoms with Crippen molar-refractivity contribution in [2.45, 2.75) is 12.5 Å². The lowest BCUT2D eigenvalue weighted by molar-refractivity contribution is -0.132. The molecule has 0 radical (unpaired) electrons. The van der Waals surface area contributed by atoms with Gasteiger partial charge in [-0.1, -0.05) is 48.5 Å². The van der Waals surface area contributed by atoms with Crippen LogP contribution in [0, 0.1) is 0 Å². The molecule has 1 saturated heterocycles. The number of nitrogens with zero attached hydrogens (tertiary/aromatic N) is 2. The van der Waals surface area contributed by atoms with E-state index in [1.807, 2.05) is 12.1 Å². The summed E-state index contributed by atoms with van der Waals surface area (Å²) in [6, 6.07) is 15.2. The highest BCUT2D eigenvalue weighted by Gasteiger charge is 2.50. The first-order chi connectivity index (χ1) is 12.5. The fourth-order valence-electron chi connectivity index (χ4n) is 3.00. The maximum atomic E-state index is 12.8. The quantitative estimate of drug-likeness (QED) is 0.625. The maximum absolute atomic E-state index is 12.8. The average molecular weight is 349 g/mol. The third-order valence-corrected chi connectivity index (χ3v) is 4.44. The van der Waals surface area contributed by atoms with Crippen LogP contribution < -0.4 is 10.7 Å². The first kappa shape index (κ1) is 15.8. The number of imide groups is 1. The highest BCUT2D eigenvalue weighted by Crippen LogP contribution is 2.27. The largest absolute Gasteiger partial charge is 0.344 e. The number of hydrogen-bond acceptors (Lipinski definition) is 4. The van der Waals surface area contributed by atoms with Crippen molar-refractivity contribution in [3.8, 4) is 0 Å². The molecule has 2 heterocycles. The molecule has 1 fully saturated rings. The van der Waals surface area contributed by atoms with Gasteiger partial charge in [-0.05, 0) is 18.6 Å². The van der Waals surface area contributed by atoms with Gasteiger partial charge in [0.05, 0.1) is 5.52 Å². The smallest absolute Gasteiger partial charge is 0.318 e. The molecule has 0 aliphatic carbocycles. The van der Waals surface area contributed by atoms with Crippen molar-refractivity contribution in [1.29, 1.82) is 0 Å². The Labute approximate surface area is 148 Å². The van der Waals surface area contributed by atoms with E-state index in [2.05, 4.69) is 20.9 Å². The lowest BCUT2D eigenvalue weighted by atomic mass is 9.92. The molecule has 130 valence electrons. The third kappa shape index (κ3) is 2.31. The van der Waals surface area contributed by atoms with Gasteiger partial charge in [0.15, 0.2) is 5.69 Å². The second kappa shape index (κ2) is 5.69. The Kier molecular flexibility index (Phi) is 3.47. The van der Waals surface area contributed by atoms with Crippen LogP contribution in [-0.2, 0) is 10.3 Å². The predicted molar refractivity (Wildman–Crippen MR) is 92.7 cm³/mol. The second-order valence-corrected chi connectivity index (χ2v) is 6.12. The van der Waals surface area contributed by atoms with Crippen LogP contribution in [0.3, 0.4) is 0 Å². The van der Waals surface area contributed by atoms with Crippen LogP contribution in [0.5, 0.6) is 0 Å². The zero-order chi connectivity index (χ0) is 18.3. The highest BCUT2D eigenvalue weighted by atomic mass is 16.2. The summed E-state index contributed by atoms with van der Waals surface area (Å²) in [6.07, 6.45) is 0.